The monoisotopic (exact) mass is 378 g/mol. The summed E-state index contributed by atoms with van der Waals surface area (Å²) >= 11 is 0. The highest BCUT2D eigenvalue weighted by molar-refractivity contribution is 5.83. The largest absolute Gasteiger partial charge is 0.497 e. The minimum absolute atomic E-state index is 0.784. The van der Waals surface area contributed by atoms with Crippen LogP contribution in [0, 0.1) is 0 Å². The summed E-state index contributed by atoms with van der Waals surface area (Å²) < 4.78 is 7.62. The van der Waals surface area contributed by atoms with Crippen molar-refractivity contribution in [3.8, 4) is 5.75 Å². The highest BCUT2D eigenvalue weighted by Gasteiger charge is 2.12. The molecule has 0 radical (unpaired) electrons. The molecule has 0 amide bonds. The molecule has 0 fully saturated rings. The Hall–Kier alpha value is -3.59. The number of fused-ring (bicyclic) bond motifs is 2. The minimum atomic E-state index is 0.784. The maximum absolute atomic E-state index is 5.28. The maximum atomic E-state index is 5.28. The lowest BCUT2D eigenvalue weighted by Crippen LogP contribution is -2.06. The number of hydrogen-bond donors (Lipinski definition) is 0. The topological polar surface area (TPSA) is 27.1 Å². The van der Waals surface area contributed by atoms with Gasteiger partial charge in [0.2, 0.25) is 0 Å². The van der Waals surface area contributed by atoms with Crippen LogP contribution in [-0.4, -0.2) is 16.7 Å². The van der Waals surface area contributed by atoms with Crippen molar-refractivity contribution in [3.63, 3.8) is 0 Å². The number of hydrogen-bond acceptors (Lipinski definition) is 2. The van der Waals surface area contributed by atoms with Gasteiger partial charge < -0.3 is 9.30 Å². The molecule has 0 spiro atoms. The van der Waals surface area contributed by atoms with E-state index in [1.54, 1.807) is 7.11 Å². The molecule has 0 bridgehead atoms. The summed E-state index contributed by atoms with van der Waals surface area (Å²) in [5.41, 5.74) is 4.71. The molecule has 0 N–H and O–H groups in total. The van der Waals surface area contributed by atoms with Gasteiger partial charge >= 0.3 is 0 Å². The van der Waals surface area contributed by atoms with E-state index in [0.717, 1.165) is 30.1 Å². The lowest BCUT2D eigenvalue weighted by molar-refractivity contribution is 0.414. The molecule has 3 heteroatoms. The van der Waals surface area contributed by atoms with Crippen molar-refractivity contribution in [1.29, 1.82) is 0 Å². The molecule has 29 heavy (non-hydrogen) atoms. The van der Waals surface area contributed by atoms with Crippen molar-refractivity contribution in [2.45, 2.75) is 13.0 Å². The van der Waals surface area contributed by atoms with E-state index in [4.69, 9.17) is 9.72 Å². The van der Waals surface area contributed by atoms with E-state index in [-0.39, 0.29) is 0 Å². The zero-order chi connectivity index (χ0) is 19.6. The number of rotatable bonds is 5. The molecular weight excluding hydrogens is 356 g/mol. The normalized spacial score (nSPS) is 11.2. The van der Waals surface area contributed by atoms with Crippen LogP contribution in [0.25, 0.3) is 21.8 Å². The first-order chi connectivity index (χ1) is 14.3. The van der Waals surface area contributed by atoms with Crippen molar-refractivity contribution < 1.29 is 4.74 Å². The summed E-state index contributed by atoms with van der Waals surface area (Å²) in [4.78, 5) is 4.94. The zero-order valence-corrected chi connectivity index (χ0v) is 16.4. The second-order valence-electron chi connectivity index (χ2n) is 7.31. The average Bonchev–Trinajstić information content (AvgIpc) is 3.11. The van der Waals surface area contributed by atoms with E-state index in [1.807, 2.05) is 18.2 Å². The predicted octanol–water partition coefficient (Wildman–Crippen LogP) is 5.84. The van der Waals surface area contributed by atoms with Gasteiger partial charge in [-0.05, 0) is 52.2 Å². The molecule has 0 saturated carbocycles. The quantitative estimate of drug-likeness (QED) is 0.384. The van der Waals surface area contributed by atoms with Gasteiger partial charge in [0.25, 0.3) is 0 Å². The van der Waals surface area contributed by atoms with Crippen molar-refractivity contribution in [3.05, 3.63) is 108 Å². The van der Waals surface area contributed by atoms with Crippen LogP contribution >= 0.6 is 0 Å². The predicted molar refractivity (Wildman–Crippen MR) is 119 cm³/mol. The molecule has 0 atom stereocenters. The highest BCUT2D eigenvalue weighted by Crippen LogP contribution is 2.23. The van der Waals surface area contributed by atoms with Gasteiger partial charge in [-0.2, -0.15) is 0 Å². The Balaban J connectivity index is 1.54. The minimum Gasteiger partial charge on any atom is -0.497 e. The third-order valence-corrected chi connectivity index (χ3v) is 5.41. The van der Waals surface area contributed by atoms with Gasteiger partial charge in [0.15, 0.2) is 0 Å². The molecule has 142 valence electrons. The van der Waals surface area contributed by atoms with Crippen LogP contribution in [0.2, 0.25) is 0 Å². The van der Waals surface area contributed by atoms with Crippen LogP contribution in [0.3, 0.4) is 0 Å². The van der Waals surface area contributed by atoms with Gasteiger partial charge in [0, 0.05) is 13.0 Å². The lowest BCUT2D eigenvalue weighted by Gasteiger charge is -2.11. The SMILES string of the molecule is COc1ccc(Cc2nc3ccccc3n2Cc2ccc3ccccc3c2)cc1. The van der Waals surface area contributed by atoms with E-state index in [2.05, 4.69) is 77.4 Å². The van der Waals surface area contributed by atoms with Crippen molar-refractivity contribution in [2.24, 2.45) is 0 Å². The fraction of sp³-hybridized carbons (Fsp3) is 0.115. The molecule has 0 aliphatic heterocycles. The summed E-state index contributed by atoms with van der Waals surface area (Å²) in [6.07, 6.45) is 0.784. The Morgan fingerprint density at radius 3 is 2.31 bits per heavy atom. The molecule has 0 aliphatic carbocycles. The summed E-state index contributed by atoms with van der Waals surface area (Å²) in [6, 6.07) is 31.8. The average molecular weight is 378 g/mol. The Labute approximate surface area is 170 Å². The van der Waals surface area contributed by atoms with Crippen LogP contribution < -0.4 is 4.74 Å². The summed E-state index contributed by atoms with van der Waals surface area (Å²) in [6.45, 7) is 0.802. The van der Waals surface area contributed by atoms with E-state index in [0.29, 0.717) is 0 Å². The molecule has 1 aromatic heterocycles. The highest BCUT2D eigenvalue weighted by atomic mass is 16.5. The first-order valence-corrected chi connectivity index (χ1v) is 9.85. The second kappa shape index (κ2) is 7.44. The number of imidazole rings is 1. The number of benzene rings is 4. The van der Waals surface area contributed by atoms with Crippen LogP contribution in [0.4, 0.5) is 0 Å². The number of methoxy groups -OCH3 is 1. The Morgan fingerprint density at radius 2 is 1.48 bits per heavy atom. The lowest BCUT2D eigenvalue weighted by atomic mass is 10.1. The second-order valence-corrected chi connectivity index (χ2v) is 7.31. The molecule has 0 unspecified atom stereocenters. The van der Waals surface area contributed by atoms with Gasteiger partial charge in [-0.15, -0.1) is 0 Å². The molecule has 1 heterocycles. The molecule has 4 aromatic carbocycles. The number of aromatic nitrogens is 2. The number of nitrogens with zero attached hydrogens (tertiary/aromatic N) is 2. The van der Waals surface area contributed by atoms with Crippen LogP contribution in [0.1, 0.15) is 17.0 Å². The Kier molecular flexibility index (Phi) is 4.49. The van der Waals surface area contributed by atoms with Gasteiger partial charge in [-0.25, -0.2) is 4.98 Å². The third-order valence-electron chi connectivity index (χ3n) is 5.41. The molecule has 5 rings (SSSR count). The smallest absolute Gasteiger partial charge is 0.118 e. The third kappa shape index (κ3) is 3.47. The first kappa shape index (κ1) is 17.5. The molecule has 0 saturated heterocycles. The van der Waals surface area contributed by atoms with Gasteiger partial charge in [0.05, 0.1) is 18.1 Å². The summed E-state index contributed by atoms with van der Waals surface area (Å²) in [7, 11) is 1.69. The van der Waals surface area contributed by atoms with Crippen molar-refractivity contribution >= 4 is 21.8 Å². The van der Waals surface area contributed by atoms with E-state index < -0.39 is 0 Å². The number of ether oxygens (including phenoxy) is 1. The Bertz CT molecular complexity index is 1290. The maximum Gasteiger partial charge on any atom is 0.118 e. The van der Waals surface area contributed by atoms with Crippen molar-refractivity contribution in [1.82, 2.24) is 9.55 Å². The summed E-state index contributed by atoms with van der Waals surface area (Å²) in [5, 5.41) is 2.54. The molecule has 3 nitrogen and oxygen atoms in total. The number of para-hydroxylation sites is 2. The van der Waals surface area contributed by atoms with E-state index >= 15 is 0 Å². The van der Waals surface area contributed by atoms with Gasteiger partial charge in [0.1, 0.15) is 11.6 Å². The fourth-order valence-electron chi connectivity index (χ4n) is 3.88. The fourth-order valence-corrected chi connectivity index (χ4v) is 3.88. The van der Waals surface area contributed by atoms with Crippen LogP contribution in [0.15, 0.2) is 91.0 Å². The van der Waals surface area contributed by atoms with Gasteiger partial charge in [-0.1, -0.05) is 60.7 Å². The standard InChI is InChI=1S/C26H22N2O/c1-29-23-14-11-19(12-15-23)17-26-27-24-8-4-5-9-25(24)28(26)18-20-10-13-21-6-2-3-7-22(21)16-20/h2-16H,17-18H2,1H3. The summed E-state index contributed by atoms with van der Waals surface area (Å²) in [5.74, 6) is 1.95. The van der Waals surface area contributed by atoms with Crippen LogP contribution in [0.5, 0.6) is 5.75 Å². The van der Waals surface area contributed by atoms with Crippen LogP contribution in [-0.2, 0) is 13.0 Å². The van der Waals surface area contributed by atoms with E-state index in [9.17, 15) is 0 Å². The molecule has 5 aromatic rings. The van der Waals surface area contributed by atoms with Crippen molar-refractivity contribution in [2.75, 3.05) is 7.11 Å². The molecular formula is C26H22N2O. The first-order valence-electron chi connectivity index (χ1n) is 9.85. The van der Waals surface area contributed by atoms with E-state index in [1.165, 1.54) is 27.4 Å². The van der Waals surface area contributed by atoms with Gasteiger partial charge in [-0.3, -0.25) is 0 Å². The Morgan fingerprint density at radius 1 is 0.759 bits per heavy atom. The molecule has 0 aliphatic rings. The zero-order valence-electron chi connectivity index (χ0n) is 16.4.